The van der Waals surface area contributed by atoms with E-state index in [1.54, 1.807) is 11.9 Å². The first-order valence-corrected chi connectivity index (χ1v) is 5.15. The van der Waals surface area contributed by atoms with E-state index in [1.807, 2.05) is 23.4 Å². The Morgan fingerprint density at radius 2 is 2.20 bits per heavy atom. The standard InChI is InChI=1S/C10H16N4O/c1-13(9-2-3-12-8-9)10(15)14-6-4-11-5-7-14/h2-3,8,11-12H,4-7H2,1H3. The van der Waals surface area contributed by atoms with E-state index in [0.29, 0.717) is 0 Å². The highest BCUT2D eigenvalue weighted by Crippen LogP contribution is 2.12. The second-order valence-corrected chi connectivity index (χ2v) is 3.65. The topological polar surface area (TPSA) is 51.4 Å². The van der Waals surface area contributed by atoms with Crippen molar-refractivity contribution < 1.29 is 4.79 Å². The molecule has 0 unspecified atom stereocenters. The van der Waals surface area contributed by atoms with Gasteiger partial charge in [0, 0.05) is 45.6 Å². The average molecular weight is 208 g/mol. The molecule has 0 spiro atoms. The van der Waals surface area contributed by atoms with Crippen molar-refractivity contribution in [2.45, 2.75) is 0 Å². The number of amides is 2. The van der Waals surface area contributed by atoms with Crippen LogP contribution in [-0.4, -0.2) is 49.1 Å². The van der Waals surface area contributed by atoms with Gasteiger partial charge in [-0.2, -0.15) is 0 Å². The van der Waals surface area contributed by atoms with Crippen LogP contribution < -0.4 is 10.2 Å². The highest BCUT2D eigenvalue weighted by molar-refractivity contribution is 5.91. The number of hydrogen-bond acceptors (Lipinski definition) is 2. The molecule has 15 heavy (non-hydrogen) atoms. The lowest BCUT2D eigenvalue weighted by molar-refractivity contribution is 0.198. The Hall–Kier alpha value is -1.49. The van der Waals surface area contributed by atoms with Crippen molar-refractivity contribution in [3.05, 3.63) is 18.5 Å². The molecule has 1 aliphatic rings. The second-order valence-electron chi connectivity index (χ2n) is 3.65. The number of piperazine rings is 1. The average Bonchev–Trinajstić information content (AvgIpc) is 2.82. The van der Waals surface area contributed by atoms with Crippen molar-refractivity contribution in [3.8, 4) is 0 Å². The van der Waals surface area contributed by atoms with Crippen molar-refractivity contribution in [2.24, 2.45) is 0 Å². The first kappa shape index (κ1) is 10.0. The van der Waals surface area contributed by atoms with Crippen LogP contribution in [0.15, 0.2) is 18.5 Å². The lowest BCUT2D eigenvalue weighted by Crippen LogP contribution is -2.50. The van der Waals surface area contributed by atoms with E-state index >= 15 is 0 Å². The van der Waals surface area contributed by atoms with Gasteiger partial charge in [0.15, 0.2) is 0 Å². The maximum Gasteiger partial charge on any atom is 0.324 e. The monoisotopic (exact) mass is 208 g/mol. The minimum absolute atomic E-state index is 0.0658. The summed E-state index contributed by atoms with van der Waals surface area (Å²) >= 11 is 0. The number of nitrogens with zero attached hydrogens (tertiary/aromatic N) is 2. The molecule has 1 aromatic heterocycles. The molecule has 0 aromatic carbocycles. The number of rotatable bonds is 1. The molecule has 2 amide bonds. The zero-order valence-electron chi connectivity index (χ0n) is 8.86. The van der Waals surface area contributed by atoms with Gasteiger partial charge < -0.3 is 15.2 Å². The number of carbonyl (C=O) groups is 1. The van der Waals surface area contributed by atoms with Gasteiger partial charge in [-0.05, 0) is 6.07 Å². The molecular weight excluding hydrogens is 192 g/mol. The van der Waals surface area contributed by atoms with Crippen molar-refractivity contribution in [3.63, 3.8) is 0 Å². The summed E-state index contributed by atoms with van der Waals surface area (Å²) in [5, 5.41) is 3.22. The van der Waals surface area contributed by atoms with Crippen molar-refractivity contribution >= 4 is 11.7 Å². The molecule has 1 aliphatic heterocycles. The van der Waals surface area contributed by atoms with E-state index in [0.717, 1.165) is 31.9 Å². The number of urea groups is 1. The number of aromatic nitrogens is 1. The Kier molecular flexibility index (Phi) is 2.91. The molecule has 0 saturated carbocycles. The number of hydrogen-bond donors (Lipinski definition) is 2. The maximum absolute atomic E-state index is 12.0. The Labute approximate surface area is 89.1 Å². The molecular formula is C10H16N4O. The summed E-state index contributed by atoms with van der Waals surface area (Å²) in [6.07, 6.45) is 3.64. The highest BCUT2D eigenvalue weighted by atomic mass is 16.2. The lowest BCUT2D eigenvalue weighted by atomic mass is 10.4. The van der Waals surface area contributed by atoms with Crippen LogP contribution in [0.5, 0.6) is 0 Å². The fourth-order valence-electron chi connectivity index (χ4n) is 1.70. The van der Waals surface area contributed by atoms with Crippen molar-refractivity contribution in [1.82, 2.24) is 15.2 Å². The lowest BCUT2D eigenvalue weighted by Gasteiger charge is -2.31. The Morgan fingerprint density at radius 3 is 2.80 bits per heavy atom. The third-order valence-corrected chi connectivity index (χ3v) is 2.64. The second kappa shape index (κ2) is 4.35. The summed E-state index contributed by atoms with van der Waals surface area (Å²) in [5.74, 6) is 0. The van der Waals surface area contributed by atoms with E-state index in [9.17, 15) is 4.79 Å². The summed E-state index contributed by atoms with van der Waals surface area (Å²) in [6.45, 7) is 3.33. The van der Waals surface area contributed by atoms with Gasteiger partial charge in [-0.3, -0.25) is 4.90 Å². The fraction of sp³-hybridized carbons (Fsp3) is 0.500. The third kappa shape index (κ3) is 2.12. The number of H-pyrrole nitrogens is 1. The van der Waals surface area contributed by atoms with Crippen LogP contribution in [0.4, 0.5) is 10.5 Å². The Bertz CT molecular complexity index is 316. The molecule has 5 nitrogen and oxygen atoms in total. The first-order chi connectivity index (χ1) is 7.29. The van der Waals surface area contributed by atoms with Crippen LogP contribution in [0.2, 0.25) is 0 Å². The third-order valence-electron chi connectivity index (χ3n) is 2.64. The predicted molar refractivity (Wildman–Crippen MR) is 59.0 cm³/mol. The van der Waals surface area contributed by atoms with E-state index < -0.39 is 0 Å². The molecule has 0 bridgehead atoms. The highest BCUT2D eigenvalue weighted by Gasteiger charge is 2.20. The zero-order valence-corrected chi connectivity index (χ0v) is 8.86. The van der Waals surface area contributed by atoms with Gasteiger partial charge in [0.25, 0.3) is 0 Å². The molecule has 1 saturated heterocycles. The molecule has 2 heterocycles. The van der Waals surface area contributed by atoms with Gasteiger partial charge in [0.05, 0.1) is 5.69 Å². The summed E-state index contributed by atoms with van der Waals surface area (Å²) in [4.78, 5) is 18.5. The van der Waals surface area contributed by atoms with Gasteiger partial charge in [0.1, 0.15) is 0 Å². The molecule has 82 valence electrons. The number of nitrogens with one attached hydrogen (secondary N) is 2. The van der Waals surface area contributed by atoms with Crippen molar-refractivity contribution in [2.75, 3.05) is 38.1 Å². The molecule has 0 atom stereocenters. The molecule has 2 N–H and O–H groups in total. The fourth-order valence-corrected chi connectivity index (χ4v) is 1.70. The van der Waals surface area contributed by atoms with Gasteiger partial charge in [-0.15, -0.1) is 0 Å². The largest absolute Gasteiger partial charge is 0.366 e. The van der Waals surface area contributed by atoms with E-state index in [4.69, 9.17) is 0 Å². The first-order valence-electron chi connectivity index (χ1n) is 5.15. The Morgan fingerprint density at radius 1 is 1.47 bits per heavy atom. The van der Waals surface area contributed by atoms with Crippen LogP contribution in [0.3, 0.4) is 0 Å². The molecule has 5 heteroatoms. The van der Waals surface area contributed by atoms with Crippen LogP contribution in [0.1, 0.15) is 0 Å². The van der Waals surface area contributed by atoms with Gasteiger partial charge in [0.2, 0.25) is 0 Å². The SMILES string of the molecule is CN(C(=O)N1CCNCC1)c1cc[nH]c1. The van der Waals surface area contributed by atoms with Crippen LogP contribution in [0, 0.1) is 0 Å². The Balaban J connectivity index is 2.00. The quantitative estimate of drug-likeness (QED) is 0.705. The summed E-state index contributed by atoms with van der Waals surface area (Å²) in [6, 6.07) is 1.95. The van der Waals surface area contributed by atoms with Gasteiger partial charge in [-0.1, -0.05) is 0 Å². The number of anilines is 1. The summed E-state index contributed by atoms with van der Waals surface area (Å²) in [5.41, 5.74) is 0.901. The summed E-state index contributed by atoms with van der Waals surface area (Å²) in [7, 11) is 1.80. The predicted octanol–water partition coefficient (Wildman–Crippen LogP) is 0.476. The molecule has 1 fully saturated rings. The van der Waals surface area contributed by atoms with Crippen LogP contribution in [-0.2, 0) is 0 Å². The number of aromatic amines is 1. The maximum atomic E-state index is 12.0. The molecule has 2 rings (SSSR count). The molecule has 1 aromatic rings. The summed E-state index contributed by atoms with van der Waals surface area (Å²) < 4.78 is 0. The molecule has 0 radical (unpaired) electrons. The minimum atomic E-state index is 0.0658. The zero-order chi connectivity index (χ0) is 10.7. The number of carbonyl (C=O) groups excluding carboxylic acids is 1. The smallest absolute Gasteiger partial charge is 0.324 e. The van der Waals surface area contributed by atoms with Crippen LogP contribution >= 0.6 is 0 Å². The minimum Gasteiger partial charge on any atom is -0.366 e. The van der Waals surface area contributed by atoms with Gasteiger partial charge in [-0.25, -0.2) is 4.79 Å². The van der Waals surface area contributed by atoms with Crippen LogP contribution in [0.25, 0.3) is 0 Å². The van der Waals surface area contributed by atoms with Gasteiger partial charge >= 0.3 is 6.03 Å². The normalized spacial score (nSPS) is 16.5. The molecule has 0 aliphatic carbocycles. The van der Waals surface area contributed by atoms with E-state index in [2.05, 4.69) is 10.3 Å². The van der Waals surface area contributed by atoms with E-state index in [1.165, 1.54) is 0 Å². The van der Waals surface area contributed by atoms with E-state index in [-0.39, 0.29) is 6.03 Å². The van der Waals surface area contributed by atoms with Crippen molar-refractivity contribution in [1.29, 1.82) is 0 Å².